The summed E-state index contributed by atoms with van der Waals surface area (Å²) in [7, 11) is 0. The summed E-state index contributed by atoms with van der Waals surface area (Å²) in [6.45, 7) is -0.0321. The Morgan fingerprint density at radius 1 is 0.630 bits per heavy atom. The van der Waals surface area contributed by atoms with E-state index in [9.17, 15) is 15.3 Å². The number of aromatic hydroxyl groups is 1. The maximum atomic E-state index is 10.9. The van der Waals surface area contributed by atoms with Gasteiger partial charge in [0.15, 0.2) is 0 Å². The second-order valence-corrected chi connectivity index (χ2v) is 6.70. The van der Waals surface area contributed by atoms with Crippen LogP contribution in [0.2, 0.25) is 0 Å². The van der Waals surface area contributed by atoms with Crippen LogP contribution in [-0.2, 0) is 19.4 Å². The van der Waals surface area contributed by atoms with E-state index in [1.165, 1.54) is 4.90 Å². The lowest BCUT2D eigenvalue weighted by Gasteiger charge is -2.19. The molecule has 0 atom stereocenters. The molecule has 0 aliphatic heterocycles. The van der Waals surface area contributed by atoms with Crippen LogP contribution in [0.4, 0.5) is 0 Å². The molecule has 0 heterocycles. The van der Waals surface area contributed by atoms with Gasteiger partial charge >= 0.3 is 0 Å². The minimum Gasteiger partial charge on any atom is -0.507 e. The van der Waals surface area contributed by atoms with Crippen molar-refractivity contribution in [3.8, 4) is 5.75 Å². The number of aliphatic hydroxyl groups excluding tert-OH is 2. The number of benzene rings is 3. The lowest BCUT2D eigenvalue weighted by molar-refractivity contribution is 0.0234. The van der Waals surface area contributed by atoms with Crippen molar-refractivity contribution < 1.29 is 15.3 Å². The van der Waals surface area contributed by atoms with Gasteiger partial charge in [0.05, 0.1) is 13.5 Å². The van der Waals surface area contributed by atoms with Crippen LogP contribution >= 0.6 is 0 Å². The van der Waals surface area contributed by atoms with Gasteiger partial charge in [-0.05, 0) is 27.8 Å². The first kappa shape index (κ1) is 19.1. The van der Waals surface area contributed by atoms with Crippen LogP contribution in [0, 0.1) is 0 Å². The third-order valence-electron chi connectivity index (χ3n) is 4.61. The lowest BCUT2D eigenvalue weighted by atomic mass is 9.95. The number of nitrogens with zero attached hydrogens (tertiary/aromatic N) is 1. The molecule has 0 fully saturated rings. The Balaban J connectivity index is 1.96. The number of hydrogen-bond donors (Lipinski definition) is 3. The molecule has 0 radical (unpaired) electrons. The van der Waals surface area contributed by atoms with Gasteiger partial charge in [0, 0.05) is 19.4 Å². The van der Waals surface area contributed by atoms with Gasteiger partial charge in [0.2, 0.25) is 0 Å². The van der Waals surface area contributed by atoms with Crippen molar-refractivity contribution in [3.63, 3.8) is 0 Å². The van der Waals surface area contributed by atoms with Gasteiger partial charge in [0.1, 0.15) is 5.75 Å². The minimum absolute atomic E-state index is 0.223. The molecular weight excluding hydrogens is 338 g/mol. The first-order valence-electron chi connectivity index (χ1n) is 9.05. The first-order chi connectivity index (χ1) is 13.2. The van der Waals surface area contributed by atoms with Gasteiger partial charge < -0.3 is 15.3 Å². The molecule has 140 valence electrons. The molecule has 3 aromatic carbocycles. The van der Waals surface area contributed by atoms with Gasteiger partial charge in [-0.3, -0.25) is 4.90 Å². The number of hydrogen-bond acceptors (Lipinski definition) is 4. The van der Waals surface area contributed by atoms with E-state index in [0.29, 0.717) is 25.1 Å². The normalized spacial score (nSPS) is 11.1. The Bertz CT molecular complexity index is 784. The topological polar surface area (TPSA) is 63.9 Å². The lowest BCUT2D eigenvalue weighted by Crippen LogP contribution is -2.25. The molecule has 0 amide bonds. The van der Waals surface area contributed by atoms with Crippen molar-refractivity contribution in [2.24, 2.45) is 0 Å². The van der Waals surface area contributed by atoms with Crippen molar-refractivity contribution in [1.82, 2.24) is 4.90 Å². The molecule has 0 spiro atoms. The Labute approximate surface area is 160 Å². The standard InChI is InChI=1S/C23H25NO3/c25-16-24(17-26)15-20-13-21(11-18-7-3-1-4-8-18)23(27)22(14-20)12-19-9-5-2-6-10-19/h1-10,13-14,25-27H,11-12,15-17H2. The highest BCUT2D eigenvalue weighted by Crippen LogP contribution is 2.29. The predicted molar refractivity (Wildman–Crippen MR) is 106 cm³/mol. The third-order valence-corrected chi connectivity index (χ3v) is 4.61. The summed E-state index contributed by atoms with van der Waals surface area (Å²) in [5, 5.41) is 29.6. The molecule has 0 saturated carbocycles. The zero-order valence-corrected chi connectivity index (χ0v) is 15.3. The summed E-state index contributed by atoms with van der Waals surface area (Å²) in [4.78, 5) is 1.52. The summed E-state index contributed by atoms with van der Waals surface area (Å²) in [5.41, 5.74) is 4.89. The first-order valence-corrected chi connectivity index (χ1v) is 9.05. The van der Waals surface area contributed by atoms with Crippen LogP contribution in [0.25, 0.3) is 0 Å². The molecular formula is C23H25NO3. The highest BCUT2D eigenvalue weighted by Gasteiger charge is 2.13. The SMILES string of the molecule is OCN(CO)Cc1cc(Cc2ccccc2)c(O)c(Cc2ccccc2)c1. The second-order valence-electron chi connectivity index (χ2n) is 6.70. The maximum Gasteiger partial charge on any atom is 0.122 e. The van der Waals surface area contributed by atoms with E-state index in [2.05, 4.69) is 0 Å². The largest absolute Gasteiger partial charge is 0.507 e. The van der Waals surface area contributed by atoms with Gasteiger partial charge in [0.25, 0.3) is 0 Å². The van der Waals surface area contributed by atoms with Gasteiger partial charge in [-0.2, -0.15) is 0 Å². The molecule has 0 aromatic heterocycles. The van der Waals surface area contributed by atoms with Crippen LogP contribution in [0.3, 0.4) is 0 Å². The molecule has 0 aliphatic carbocycles. The number of phenols is 1. The molecule has 0 bridgehead atoms. The van der Waals surface area contributed by atoms with E-state index < -0.39 is 0 Å². The van der Waals surface area contributed by atoms with Crippen LogP contribution in [0.15, 0.2) is 72.8 Å². The Morgan fingerprint density at radius 3 is 1.48 bits per heavy atom. The van der Waals surface area contributed by atoms with Gasteiger partial charge in [-0.1, -0.05) is 72.8 Å². The highest BCUT2D eigenvalue weighted by molar-refractivity contribution is 5.48. The summed E-state index contributed by atoms with van der Waals surface area (Å²) >= 11 is 0. The molecule has 4 nitrogen and oxygen atoms in total. The van der Waals surface area contributed by atoms with E-state index in [0.717, 1.165) is 27.8 Å². The quantitative estimate of drug-likeness (QED) is 0.538. The van der Waals surface area contributed by atoms with Crippen molar-refractivity contribution in [2.75, 3.05) is 13.5 Å². The Morgan fingerprint density at radius 2 is 1.07 bits per heavy atom. The summed E-state index contributed by atoms with van der Waals surface area (Å²) in [5.74, 6) is 0.311. The van der Waals surface area contributed by atoms with Crippen molar-refractivity contribution in [3.05, 3.63) is 101 Å². The highest BCUT2D eigenvalue weighted by atomic mass is 16.3. The van der Waals surface area contributed by atoms with E-state index >= 15 is 0 Å². The van der Waals surface area contributed by atoms with E-state index in [1.807, 2.05) is 72.8 Å². The monoisotopic (exact) mass is 363 g/mol. The number of aliphatic hydroxyl groups is 2. The fraction of sp³-hybridized carbons (Fsp3) is 0.217. The molecule has 3 N–H and O–H groups in total. The molecule has 0 aliphatic rings. The fourth-order valence-corrected chi connectivity index (χ4v) is 3.23. The zero-order valence-electron chi connectivity index (χ0n) is 15.3. The number of rotatable bonds is 8. The fourth-order valence-electron chi connectivity index (χ4n) is 3.23. The van der Waals surface area contributed by atoms with E-state index in [4.69, 9.17) is 0 Å². The van der Waals surface area contributed by atoms with Crippen LogP contribution in [-0.4, -0.2) is 33.7 Å². The average molecular weight is 363 g/mol. The molecule has 27 heavy (non-hydrogen) atoms. The summed E-state index contributed by atoms with van der Waals surface area (Å²) < 4.78 is 0. The van der Waals surface area contributed by atoms with E-state index in [1.54, 1.807) is 0 Å². The molecule has 3 aromatic rings. The summed E-state index contributed by atoms with van der Waals surface area (Å²) in [6, 6.07) is 24.0. The molecule has 0 saturated heterocycles. The smallest absolute Gasteiger partial charge is 0.122 e. The molecule has 3 rings (SSSR count). The van der Waals surface area contributed by atoms with E-state index in [-0.39, 0.29) is 13.5 Å². The van der Waals surface area contributed by atoms with Gasteiger partial charge in [-0.25, -0.2) is 0 Å². The zero-order chi connectivity index (χ0) is 19.1. The Hall–Kier alpha value is -2.66. The predicted octanol–water partition coefficient (Wildman–Crippen LogP) is 3.28. The van der Waals surface area contributed by atoms with Crippen molar-refractivity contribution in [1.29, 1.82) is 0 Å². The molecule has 0 unspecified atom stereocenters. The van der Waals surface area contributed by atoms with Crippen LogP contribution in [0.5, 0.6) is 5.75 Å². The molecule has 4 heteroatoms. The Kier molecular flexibility index (Phi) is 6.60. The average Bonchev–Trinajstić information content (AvgIpc) is 2.71. The minimum atomic E-state index is -0.223. The van der Waals surface area contributed by atoms with Gasteiger partial charge in [-0.15, -0.1) is 0 Å². The maximum absolute atomic E-state index is 10.9. The summed E-state index contributed by atoms with van der Waals surface area (Å²) in [6.07, 6.45) is 1.25. The van der Waals surface area contributed by atoms with Crippen molar-refractivity contribution in [2.45, 2.75) is 19.4 Å². The third kappa shape index (κ3) is 5.17. The van der Waals surface area contributed by atoms with Crippen LogP contribution < -0.4 is 0 Å². The van der Waals surface area contributed by atoms with Crippen molar-refractivity contribution >= 4 is 0 Å². The number of phenolic OH excluding ortho intramolecular Hbond substituents is 1. The van der Waals surface area contributed by atoms with Crippen LogP contribution in [0.1, 0.15) is 27.8 Å². The second kappa shape index (κ2) is 9.33.